The Hall–Kier alpha value is -4.46. The quantitative estimate of drug-likeness (QED) is 0.386. The van der Waals surface area contributed by atoms with Crippen molar-refractivity contribution in [3.63, 3.8) is 0 Å². The molecular weight excluding hydrogens is 457 g/mol. The van der Waals surface area contributed by atoms with Crippen LogP contribution in [0.2, 0.25) is 0 Å². The molecule has 3 heterocycles. The van der Waals surface area contributed by atoms with Crippen LogP contribution in [-0.2, 0) is 5.67 Å². The lowest BCUT2D eigenvalue weighted by Crippen LogP contribution is -2.19. The highest BCUT2D eigenvalue weighted by Crippen LogP contribution is 2.30. The molecule has 0 saturated heterocycles. The van der Waals surface area contributed by atoms with Crippen LogP contribution in [0.5, 0.6) is 0 Å². The first kappa shape index (κ1) is 24.7. The largest absolute Gasteiger partial charge is 0.354 e. The van der Waals surface area contributed by atoms with Gasteiger partial charge in [0, 0.05) is 54.2 Å². The zero-order valence-electron chi connectivity index (χ0n) is 20.5. The Morgan fingerprint density at radius 3 is 2.36 bits per heavy atom. The van der Waals surface area contributed by atoms with Crippen LogP contribution in [0.4, 0.5) is 10.1 Å². The molecule has 2 amide bonds. The average molecular weight is 484 g/mol. The summed E-state index contributed by atoms with van der Waals surface area (Å²) in [5.41, 5.74) is 4.15. The van der Waals surface area contributed by atoms with Gasteiger partial charge in [-0.3, -0.25) is 24.5 Å². The van der Waals surface area contributed by atoms with Crippen molar-refractivity contribution in [2.75, 3.05) is 12.4 Å². The topological polar surface area (TPSA) is 96.9 Å². The lowest BCUT2D eigenvalue weighted by molar-refractivity contribution is 0.0957. The number of hydrogen-bond donors (Lipinski definition) is 2. The number of amides is 2. The van der Waals surface area contributed by atoms with Crippen LogP contribution in [0.1, 0.15) is 46.0 Å². The van der Waals surface area contributed by atoms with Gasteiger partial charge in [0.1, 0.15) is 11.4 Å². The molecule has 0 aliphatic rings. The molecule has 4 rings (SSSR count). The summed E-state index contributed by atoms with van der Waals surface area (Å²) < 4.78 is 14.3. The van der Waals surface area contributed by atoms with Gasteiger partial charge in [0.05, 0.1) is 5.69 Å². The van der Waals surface area contributed by atoms with Crippen molar-refractivity contribution >= 4 is 17.5 Å². The smallest absolute Gasteiger partial charge is 0.269 e. The molecule has 0 bridgehead atoms. The zero-order chi connectivity index (χ0) is 25.9. The average Bonchev–Trinajstić information content (AvgIpc) is 2.89. The van der Waals surface area contributed by atoms with Crippen molar-refractivity contribution in [2.24, 2.45) is 0 Å². The van der Waals surface area contributed by atoms with Crippen molar-refractivity contribution in [3.8, 4) is 22.3 Å². The van der Waals surface area contributed by atoms with E-state index in [1.165, 1.54) is 26.1 Å². The van der Waals surface area contributed by atoms with Crippen LogP contribution in [0, 0.1) is 6.92 Å². The molecule has 7 nitrogen and oxygen atoms in total. The highest BCUT2D eigenvalue weighted by Gasteiger charge is 2.22. The molecule has 36 heavy (non-hydrogen) atoms. The minimum Gasteiger partial charge on any atom is -0.354 e. The van der Waals surface area contributed by atoms with Gasteiger partial charge < -0.3 is 10.6 Å². The van der Waals surface area contributed by atoms with Gasteiger partial charge in [0.25, 0.3) is 11.8 Å². The number of hydrogen-bond acceptors (Lipinski definition) is 5. The van der Waals surface area contributed by atoms with E-state index in [9.17, 15) is 14.0 Å². The molecule has 0 fully saturated rings. The van der Waals surface area contributed by atoms with Gasteiger partial charge in [-0.05, 0) is 79.9 Å². The van der Waals surface area contributed by atoms with E-state index < -0.39 is 5.67 Å². The molecule has 2 N–H and O–H groups in total. The Balaban J connectivity index is 1.63. The first-order chi connectivity index (χ1) is 17.2. The lowest BCUT2D eigenvalue weighted by Gasteiger charge is -2.15. The Morgan fingerprint density at radius 2 is 1.61 bits per heavy atom. The summed E-state index contributed by atoms with van der Waals surface area (Å²) in [5.74, 6) is -0.625. The van der Waals surface area contributed by atoms with E-state index in [1.54, 1.807) is 37.8 Å². The lowest BCUT2D eigenvalue weighted by atomic mass is 9.98. The number of pyridine rings is 3. The van der Waals surface area contributed by atoms with Gasteiger partial charge in [-0.1, -0.05) is 6.07 Å². The molecule has 182 valence electrons. The summed E-state index contributed by atoms with van der Waals surface area (Å²) in [4.78, 5) is 37.4. The minimum absolute atomic E-state index is 0.193. The molecule has 4 aromatic rings. The molecule has 8 heteroatoms. The third-order valence-corrected chi connectivity index (χ3v) is 5.73. The second-order valence-electron chi connectivity index (χ2n) is 8.86. The van der Waals surface area contributed by atoms with E-state index in [4.69, 9.17) is 0 Å². The Morgan fingerprint density at radius 1 is 0.861 bits per heavy atom. The molecule has 0 aliphatic heterocycles. The van der Waals surface area contributed by atoms with Gasteiger partial charge in [-0.25, -0.2) is 4.39 Å². The maximum Gasteiger partial charge on any atom is 0.269 e. The van der Waals surface area contributed by atoms with E-state index in [0.29, 0.717) is 16.9 Å². The normalized spacial score (nSPS) is 11.1. The van der Waals surface area contributed by atoms with E-state index >= 15 is 0 Å². The summed E-state index contributed by atoms with van der Waals surface area (Å²) in [5, 5.41) is 5.46. The molecule has 3 aromatic heterocycles. The van der Waals surface area contributed by atoms with E-state index in [-0.39, 0.29) is 17.5 Å². The Bertz CT molecular complexity index is 1450. The first-order valence-electron chi connectivity index (χ1n) is 11.4. The van der Waals surface area contributed by atoms with E-state index in [1.807, 2.05) is 37.3 Å². The maximum absolute atomic E-state index is 14.3. The van der Waals surface area contributed by atoms with Crippen molar-refractivity contribution < 1.29 is 14.0 Å². The Kier molecular flexibility index (Phi) is 6.87. The fourth-order valence-corrected chi connectivity index (χ4v) is 3.72. The summed E-state index contributed by atoms with van der Waals surface area (Å²) in [7, 11) is 1.56. The summed E-state index contributed by atoms with van der Waals surface area (Å²) in [6.45, 7) is 4.77. The van der Waals surface area contributed by atoms with Crippen LogP contribution in [0.25, 0.3) is 22.3 Å². The number of aryl methyl sites for hydroxylation is 1. The predicted octanol–water partition coefficient (Wildman–Crippen LogP) is 5.33. The molecule has 0 atom stereocenters. The number of benzene rings is 1. The molecule has 0 aliphatic carbocycles. The third kappa shape index (κ3) is 5.43. The third-order valence-electron chi connectivity index (χ3n) is 5.73. The van der Waals surface area contributed by atoms with Gasteiger partial charge >= 0.3 is 0 Å². The molecule has 0 unspecified atom stereocenters. The maximum atomic E-state index is 14.3. The molecule has 1 aromatic carbocycles. The highest BCUT2D eigenvalue weighted by molar-refractivity contribution is 6.04. The number of carbonyl (C=O) groups excluding carboxylic acids is 2. The summed E-state index contributed by atoms with van der Waals surface area (Å²) in [6.07, 6.45) is 6.48. The van der Waals surface area contributed by atoms with Gasteiger partial charge in [-0.15, -0.1) is 0 Å². The number of nitrogens with zero attached hydrogens (tertiary/aromatic N) is 3. The number of anilines is 1. The Labute approximate surface area is 208 Å². The number of carbonyl (C=O) groups is 2. The fraction of sp³-hybridized carbons (Fsp3) is 0.179. The first-order valence-corrected chi connectivity index (χ1v) is 11.4. The molecule has 0 radical (unpaired) electrons. The van der Waals surface area contributed by atoms with E-state index in [0.717, 1.165) is 27.8 Å². The standard InChI is InChI=1S/C28H26FN5O2/c1-17-5-6-22(34-26(35)19-8-10-33-25(13-19)28(2,3)29)14-23(17)21-11-20(15-31-16-21)18-7-9-32-24(12-18)27(36)30-4/h5-16H,1-4H3,(H,30,36)(H,34,35). The van der Waals surface area contributed by atoms with Crippen LogP contribution in [0.3, 0.4) is 0 Å². The monoisotopic (exact) mass is 483 g/mol. The van der Waals surface area contributed by atoms with Gasteiger partial charge in [0.15, 0.2) is 0 Å². The second kappa shape index (κ2) is 10.0. The van der Waals surface area contributed by atoms with Crippen LogP contribution < -0.4 is 10.6 Å². The highest BCUT2D eigenvalue weighted by atomic mass is 19.1. The fourth-order valence-electron chi connectivity index (χ4n) is 3.72. The van der Waals surface area contributed by atoms with Crippen LogP contribution in [-0.4, -0.2) is 33.8 Å². The number of aromatic nitrogens is 3. The minimum atomic E-state index is -1.65. The number of nitrogens with one attached hydrogen (secondary N) is 2. The SMILES string of the molecule is CNC(=O)c1cc(-c2cncc(-c3cc(NC(=O)c4ccnc(C(C)(C)F)c4)ccc3C)c2)ccn1. The number of halogens is 1. The zero-order valence-corrected chi connectivity index (χ0v) is 20.5. The molecule has 0 saturated carbocycles. The molecular formula is C28H26FN5O2. The summed E-state index contributed by atoms with van der Waals surface area (Å²) >= 11 is 0. The van der Waals surface area contributed by atoms with Gasteiger partial charge in [0.2, 0.25) is 0 Å². The second-order valence-corrected chi connectivity index (χ2v) is 8.86. The van der Waals surface area contributed by atoms with Gasteiger partial charge in [-0.2, -0.15) is 0 Å². The predicted molar refractivity (Wildman–Crippen MR) is 137 cm³/mol. The van der Waals surface area contributed by atoms with Crippen molar-refractivity contribution in [2.45, 2.75) is 26.4 Å². The van der Waals surface area contributed by atoms with Crippen LogP contribution >= 0.6 is 0 Å². The van der Waals surface area contributed by atoms with Crippen molar-refractivity contribution in [1.82, 2.24) is 20.3 Å². The summed E-state index contributed by atoms with van der Waals surface area (Å²) in [6, 6.07) is 14.1. The molecule has 0 spiro atoms. The van der Waals surface area contributed by atoms with E-state index in [2.05, 4.69) is 25.6 Å². The number of alkyl halides is 1. The van der Waals surface area contributed by atoms with Crippen molar-refractivity contribution in [3.05, 3.63) is 95.8 Å². The van der Waals surface area contributed by atoms with Crippen molar-refractivity contribution in [1.29, 1.82) is 0 Å². The van der Waals surface area contributed by atoms with Crippen LogP contribution in [0.15, 0.2) is 73.3 Å². The number of rotatable bonds is 6.